The van der Waals surface area contributed by atoms with Gasteiger partial charge in [-0.2, -0.15) is 19.9 Å². The van der Waals surface area contributed by atoms with Crippen molar-refractivity contribution in [3.05, 3.63) is 174 Å². The first-order valence-corrected chi connectivity index (χ1v) is 17.0. The molecular formula is C39H20N8O12. The van der Waals surface area contributed by atoms with Gasteiger partial charge in [0.15, 0.2) is 0 Å². The van der Waals surface area contributed by atoms with Crippen molar-refractivity contribution in [3.8, 4) is 12.0 Å². The van der Waals surface area contributed by atoms with E-state index >= 15 is 0 Å². The maximum Gasteiger partial charge on any atom is 0.345 e. The summed E-state index contributed by atoms with van der Waals surface area (Å²) in [6, 6.07) is 20.0. The van der Waals surface area contributed by atoms with Crippen molar-refractivity contribution < 1.29 is 48.1 Å². The van der Waals surface area contributed by atoms with Gasteiger partial charge in [-0.3, -0.25) is 39.4 Å². The second-order valence-electron chi connectivity index (χ2n) is 12.7. The minimum Gasteiger partial charge on any atom is -0.387 e. The molecule has 20 heteroatoms. The van der Waals surface area contributed by atoms with Crippen LogP contribution < -0.4 is 19.3 Å². The molecule has 2 aliphatic heterocycles. The molecule has 2 aromatic heterocycles. The first-order chi connectivity index (χ1) is 28.4. The number of aromatic nitrogens is 4. The van der Waals surface area contributed by atoms with Crippen LogP contribution in [0.2, 0.25) is 0 Å². The lowest BCUT2D eigenvalue weighted by atomic mass is 10.0. The maximum absolute atomic E-state index is 13.4. The van der Waals surface area contributed by atoms with E-state index in [9.17, 15) is 49.0 Å². The number of nitrogens with zero attached hydrogens (tertiary/aromatic N) is 8. The zero-order valence-electron chi connectivity index (χ0n) is 29.6. The number of imide groups is 2. The highest BCUT2D eigenvalue weighted by molar-refractivity contribution is 6.35. The van der Waals surface area contributed by atoms with Crippen molar-refractivity contribution in [2.45, 2.75) is 6.42 Å². The predicted molar refractivity (Wildman–Crippen MR) is 198 cm³/mol. The quantitative estimate of drug-likeness (QED) is 0.0786. The van der Waals surface area contributed by atoms with E-state index in [0.29, 0.717) is 6.42 Å². The summed E-state index contributed by atoms with van der Waals surface area (Å²) < 4.78 is 10.1. The third-order valence-corrected chi connectivity index (χ3v) is 9.06. The molecule has 0 bridgehead atoms. The molecule has 20 nitrogen and oxygen atoms in total. The lowest BCUT2D eigenvalue weighted by molar-refractivity contribution is -0.385. The zero-order valence-corrected chi connectivity index (χ0v) is 29.6. The van der Waals surface area contributed by atoms with Crippen molar-refractivity contribution in [2.24, 2.45) is 0 Å². The van der Waals surface area contributed by atoms with E-state index in [2.05, 4.69) is 19.9 Å². The fraction of sp³-hybridized carbons (Fsp3) is 0.0256. The molecule has 0 atom stereocenters. The predicted octanol–water partition coefficient (Wildman–Crippen LogP) is 4.71. The van der Waals surface area contributed by atoms with Crippen LogP contribution >= 0.6 is 0 Å². The maximum atomic E-state index is 13.4. The summed E-state index contributed by atoms with van der Waals surface area (Å²) in [7, 11) is 0. The highest BCUT2D eigenvalue weighted by Crippen LogP contribution is 2.32. The largest absolute Gasteiger partial charge is 0.387 e. The SMILES string of the molecule is O=C(Oc1ncc([N+](=O)[O-])cn1)c1ccc2c(c1)C(=O)N(c1ccc(Cc3ccc(N4C(=O)c5ccc(C(=O)Oc6ncc([N+](=O)[O-])cn6)cc5C4=O)cc3)cc1)C2=O. The molecule has 0 saturated heterocycles. The summed E-state index contributed by atoms with van der Waals surface area (Å²) in [4.78, 5) is 115. The van der Waals surface area contributed by atoms with Crippen LogP contribution in [0.25, 0.3) is 0 Å². The Morgan fingerprint density at radius 2 is 0.847 bits per heavy atom. The van der Waals surface area contributed by atoms with Crippen molar-refractivity contribution in [3.63, 3.8) is 0 Å². The third kappa shape index (κ3) is 6.95. The Kier molecular flexibility index (Phi) is 9.17. The third-order valence-electron chi connectivity index (χ3n) is 9.06. The first kappa shape index (κ1) is 37.0. The first-order valence-electron chi connectivity index (χ1n) is 17.0. The molecular weight excluding hydrogens is 772 g/mol. The van der Waals surface area contributed by atoms with E-state index in [-0.39, 0.29) is 44.8 Å². The summed E-state index contributed by atoms with van der Waals surface area (Å²) in [6.07, 6.45) is 3.88. The minimum atomic E-state index is -0.949. The minimum absolute atomic E-state index is 0.0333. The molecule has 6 aromatic rings. The number of carbonyl (C=O) groups excluding carboxylic acids is 6. The molecule has 2 aliphatic rings. The smallest absolute Gasteiger partial charge is 0.345 e. The van der Waals surface area contributed by atoms with Crippen LogP contribution in [0.15, 0.2) is 110 Å². The van der Waals surface area contributed by atoms with E-state index in [0.717, 1.165) is 45.7 Å². The summed E-state index contributed by atoms with van der Waals surface area (Å²) in [5.74, 6) is -4.45. The number of hydrogen-bond donors (Lipinski definition) is 0. The Morgan fingerprint density at radius 3 is 1.19 bits per heavy atom. The fourth-order valence-electron chi connectivity index (χ4n) is 6.16. The van der Waals surface area contributed by atoms with Gasteiger partial charge in [0.1, 0.15) is 24.8 Å². The van der Waals surface area contributed by atoms with Crippen LogP contribution in [0.3, 0.4) is 0 Å². The molecule has 288 valence electrons. The van der Waals surface area contributed by atoms with Gasteiger partial charge in [-0.25, -0.2) is 19.4 Å². The Hall–Kier alpha value is -8.94. The van der Waals surface area contributed by atoms with Crippen molar-refractivity contribution in [1.29, 1.82) is 0 Å². The summed E-state index contributed by atoms with van der Waals surface area (Å²) >= 11 is 0. The molecule has 4 aromatic carbocycles. The molecule has 0 unspecified atom stereocenters. The number of amides is 4. The van der Waals surface area contributed by atoms with Gasteiger partial charge >= 0.3 is 35.3 Å². The molecule has 4 amide bonds. The number of carbonyl (C=O) groups is 6. The monoisotopic (exact) mass is 792 g/mol. The number of hydrogen-bond acceptors (Lipinski definition) is 16. The summed E-state index contributed by atoms with van der Waals surface area (Å²) in [6.45, 7) is 0. The van der Waals surface area contributed by atoms with Crippen LogP contribution in [0, 0.1) is 20.2 Å². The molecule has 0 fully saturated rings. The van der Waals surface area contributed by atoms with E-state index in [1.54, 1.807) is 48.5 Å². The summed E-state index contributed by atoms with van der Waals surface area (Å²) in [5, 5.41) is 21.6. The van der Waals surface area contributed by atoms with Crippen LogP contribution in [-0.4, -0.2) is 65.3 Å². The Labute approximate surface area is 328 Å². The van der Waals surface area contributed by atoms with Crippen LogP contribution in [0.5, 0.6) is 12.0 Å². The van der Waals surface area contributed by atoms with Gasteiger partial charge in [-0.05, 0) is 78.2 Å². The Bertz CT molecular complexity index is 2620. The average molecular weight is 793 g/mol. The molecule has 59 heavy (non-hydrogen) atoms. The zero-order chi connectivity index (χ0) is 41.5. The van der Waals surface area contributed by atoms with Crippen LogP contribution in [-0.2, 0) is 6.42 Å². The van der Waals surface area contributed by atoms with Crippen LogP contribution in [0.4, 0.5) is 22.7 Å². The van der Waals surface area contributed by atoms with Crippen LogP contribution in [0.1, 0.15) is 73.3 Å². The standard InChI is InChI=1S/C39H20N8O12/c48-32-28-11-5-22(36(52)58-38-40-16-26(17-41-38)46(54)55)14-30(28)34(50)44(32)24-7-1-20(2-8-24)13-21-3-9-25(10-4-21)45-33(49)29-12-6-23(15-31(29)35(45)51)37(53)59-39-42-18-27(19-43-39)47(56)57/h1-12,14-19H,13H2. The van der Waals surface area contributed by atoms with E-state index < -0.39 is 68.8 Å². The summed E-state index contributed by atoms with van der Waals surface area (Å²) in [5.41, 5.74) is 1.26. The molecule has 0 N–H and O–H groups in total. The molecule has 0 aliphatic carbocycles. The number of anilines is 2. The van der Waals surface area contributed by atoms with Gasteiger partial charge in [-0.15, -0.1) is 0 Å². The van der Waals surface area contributed by atoms with Crippen molar-refractivity contribution >= 4 is 58.3 Å². The lowest BCUT2D eigenvalue weighted by Crippen LogP contribution is -2.29. The van der Waals surface area contributed by atoms with Gasteiger partial charge in [-0.1, -0.05) is 24.3 Å². The molecule has 0 saturated carbocycles. The van der Waals surface area contributed by atoms with E-state index in [1.807, 2.05) is 0 Å². The number of rotatable bonds is 10. The second kappa shape index (κ2) is 14.6. The number of esters is 2. The topological polar surface area (TPSA) is 265 Å². The highest BCUT2D eigenvalue weighted by Gasteiger charge is 2.39. The molecule has 4 heterocycles. The van der Waals surface area contributed by atoms with Gasteiger partial charge < -0.3 is 9.47 Å². The molecule has 0 radical (unpaired) electrons. The lowest BCUT2D eigenvalue weighted by Gasteiger charge is -2.15. The van der Waals surface area contributed by atoms with Gasteiger partial charge in [0, 0.05) is 0 Å². The number of ether oxygens (including phenoxy) is 2. The van der Waals surface area contributed by atoms with Gasteiger partial charge in [0.25, 0.3) is 23.6 Å². The average Bonchev–Trinajstić information content (AvgIpc) is 3.64. The van der Waals surface area contributed by atoms with E-state index in [1.165, 1.54) is 36.4 Å². The fourth-order valence-corrected chi connectivity index (χ4v) is 6.16. The normalized spacial score (nSPS) is 12.9. The van der Waals surface area contributed by atoms with Crippen molar-refractivity contribution in [1.82, 2.24) is 19.9 Å². The Morgan fingerprint density at radius 1 is 0.508 bits per heavy atom. The van der Waals surface area contributed by atoms with Gasteiger partial charge in [0.2, 0.25) is 0 Å². The molecule has 0 spiro atoms. The number of fused-ring (bicyclic) bond motifs is 2. The van der Waals surface area contributed by atoms with Gasteiger partial charge in [0.05, 0.1) is 54.6 Å². The highest BCUT2D eigenvalue weighted by atomic mass is 16.6. The molecule has 8 rings (SSSR count). The second-order valence-corrected chi connectivity index (χ2v) is 12.7. The number of nitro groups is 2. The van der Waals surface area contributed by atoms with E-state index in [4.69, 9.17) is 9.47 Å². The Balaban J connectivity index is 0.904. The number of benzene rings is 4. The van der Waals surface area contributed by atoms with Crippen molar-refractivity contribution in [2.75, 3.05) is 9.80 Å².